The fourth-order valence-electron chi connectivity index (χ4n) is 3.01. The Hall–Kier alpha value is -3.28. The number of nitrogens with one attached hydrogen (secondary N) is 2. The van der Waals surface area contributed by atoms with E-state index < -0.39 is 31.8 Å². The number of hydrogen-bond acceptors (Lipinski definition) is 5. The summed E-state index contributed by atoms with van der Waals surface area (Å²) in [5, 5.41) is 7.75. The third-order valence-electron chi connectivity index (χ3n) is 4.70. The average Bonchev–Trinajstić information content (AvgIpc) is 2.73. The summed E-state index contributed by atoms with van der Waals surface area (Å²) in [5.74, 6) is -1.25. The van der Waals surface area contributed by atoms with Crippen LogP contribution in [-0.4, -0.2) is 22.7 Å². The standard InChI is InChI=1S/C22H22FN3O5S2/c1-15-2-11-20(33(30,31)26-19-9-7-18(23)8-10-19)12-21(15)22(27)25-13-16-3-5-17(6-4-16)14-32(24,28)29/h2-12,26H,13-14H2,1H3,(H,25,27)(H2,24,28,29). The van der Waals surface area contributed by atoms with Gasteiger partial charge in [-0.15, -0.1) is 0 Å². The van der Waals surface area contributed by atoms with E-state index in [1.165, 1.54) is 30.3 Å². The molecule has 0 fully saturated rings. The zero-order valence-electron chi connectivity index (χ0n) is 17.6. The van der Waals surface area contributed by atoms with Gasteiger partial charge < -0.3 is 5.32 Å². The van der Waals surface area contributed by atoms with E-state index in [-0.39, 0.29) is 28.4 Å². The molecular formula is C22H22FN3O5S2. The summed E-state index contributed by atoms with van der Waals surface area (Å²) >= 11 is 0. The monoisotopic (exact) mass is 491 g/mol. The van der Waals surface area contributed by atoms with Crippen LogP contribution in [0.4, 0.5) is 10.1 Å². The molecule has 0 saturated heterocycles. The number of aryl methyl sites for hydroxylation is 1. The Labute approximate surface area is 191 Å². The average molecular weight is 492 g/mol. The number of sulfonamides is 2. The highest BCUT2D eigenvalue weighted by Gasteiger charge is 2.18. The van der Waals surface area contributed by atoms with Crippen LogP contribution in [0.3, 0.4) is 0 Å². The molecule has 0 unspecified atom stereocenters. The molecule has 0 aromatic heterocycles. The minimum absolute atomic E-state index is 0.116. The lowest BCUT2D eigenvalue weighted by atomic mass is 10.1. The number of benzene rings is 3. The minimum atomic E-state index is -4.00. The third-order valence-corrected chi connectivity index (χ3v) is 6.82. The van der Waals surface area contributed by atoms with Crippen LogP contribution in [0.15, 0.2) is 71.6 Å². The zero-order valence-corrected chi connectivity index (χ0v) is 19.2. The summed E-state index contributed by atoms with van der Waals surface area (Å²) in [6.45, 7) is 1.83. The van der Waals surface area contributed by atoms with E-state index in [4.69, 9.17) is 5.14 Å². The quantitative estimate of drug-likeness (QED) is 0.445. The summed E-state index contributed by atoms with van der Waals surface area (Å²) < 4.78 is 63.1. The van der Waals surface area contributed by atoms with Gasteiger partial charge in [-0.3, -0.25) is 9.52 Å². The van der Waals surface area contributed by atoms with Crippen molar-refractivity contribution in [1.29, 1.82) is 0 Å². The molecule has 3 aromatic rings. The van der Waals surface area contributed by atoms with E-state index in [2.05, 4.69) is 10.0 Å². The smallest absolute Gasteiger partial charge is 0.261 e. The van der Waals surface area contributed by atoms with Gasteiger partial charge >= 0.3 is 0 Å². The topological polar surface area (TPSA) is 135 Å². The number of carbonyl (C=O) groups excluding carboxylic acids is 1. The van der Waals surface area contributed by atoms with E-state index >= 15 is 0 Å². The highest BCUT2D eigenvalue weighted by atomic mass is 32.2. The van der Waals surface area contributed by atoms with E-state index in [1.54, 1.807) is 31.2 Å². The first-order chi connectivity index (χ1) is 15.4. The normalized spacial score (nSPS) is 11.7. The number of primary sulfonamides is 1. The Balaban J connectivity index is 1.72. The predicted molar refractivity (Wildman–Crippen MR) is 123 cm³/mol. The first-order valence-corrected chi connectivity index (χ1v) is 12.9. The van der Waals surface area contributed by atoms with Crippen molar-refractivity contribution < 1.29 is 26.0 Å². The maximum atomic E-state index is 13.1. The fraction of sp³-hybridized carbons (Fsp3) is 0.136. The molecule has 3 aromatic carbocycles. The van der Waals surface area contributed by atoms with Crippen molar-refractivity contribution in [3.8, 4) is 0 Å². The van der Waals surface area contributed by atoms with Crippen molar-refractivity contribution >= 4 is 31.6 Å². The first kappa shape index (κ1) is 24.4. The summed E-state index contributed by atoms with van der Waals surface area (Å²) in [7, 11) is -7.63. The van der Waals surface area contributed by atoms with Gasteiger partial charge in [-0.1, -0.05) is 30.3 Å². The third kappa shape index (κ3) is 6.85. The van der Waals surface area contributed by atoms with Gasteiger partial charge in [-0.2, -0.15) is 0 Å². The number of carbonyl (C=O) groups is 1. The van der Waals surface area contributed by atoms with Gasteiger partial charge in [0.15, 0.2) is 0 Å². The molecular weight excluding hydrogens is 469 g/mol. The van der Waals surface area contributed by atoms with Crippen LogP contribution < -0.4 is 15.2 Å². The predicted octanol–water partition coefficient (Wildman–Crippen LogP) is 2.65. The molecule has 8 nitrogen and oxygen atoms in total. The second kappa shape index (κ2) is 9.69. The lowest BCUT2D eigenvalue weighted by Gasteiger charge is -2.12. The molecule has 174 valence electrons. The fourth-order valence-corrected chi connectivity index (χ4v) is 4.75. The largest absolute Gasteiger partial charge is 0.348 e. The van der Waals surface area contributed by atoms with Crippen LogP contribution in [-0.2, 0) is 32.3 Å². The van der Waals surface area contributed by atoms with E-state index in [9.17, 15) is 26.0 Å². The van der Waals surface area contributed by atoms with Crippen LogP contribution in [0.2, 0.25) is 0 Å². The molecule has 3 rings (SSSR count). The maximum Gasteiger partial charge on any atom is 0.261 e. The lowest BCUT2D eigenvalue weighted by molar-refractivity contribution is 0.0950. The van der Waals surface area contributed by atoms with Gasteiger partial charge in [0.1, 0.15) is 5.82 Å². The number of halogens is 1. The van der Waals surface area contributed by atoms with E-state index in [0.717, 1.165) is 17.7 Å². The summed E-state index contributed by atoms with van der Waals surface area (Å²) in [6, 6.07) is 15.6. The van der Waals surface area contributed by atoms with Crippen molar-refractivity contribution in [3.63, 3.8) is 0 Å². The molecule has 0 bridgehead atoms. The molecule has 4 N–H and O–H groups in total. The molecule has 0 aliphatic carbocycles. The molecule has 0 radical (unpaired) electrons. The van der Waals surface area contributed by atoms with Crippen molar-refractivity contribution in [2.24, 2.45) is 5.14 Å². The second-order valence-electron chi connectivity index (χ2n) is 7.40. The first-order valence-electron chi connectivity index (χ1n) is 9.68. The molecule has 11 heteroatoms. The molecule has 0 aliphatic rings. The Morgan fingerprint density at radius 3 is 2.12 bits per heavy atom. The molecule has 1 amide bonds. The molecule has 0 heterocycles. The molecule has 0 saturated carbocycles. The van der Waals surface area contributed by atoms with E-state index in [1.807, 2.05) is 0 Å². The van der Waals surface area contributed by atoms with E-state index in [0.29, 0.717) is 11.1 Å². The van der Waals surface area contributed by atoms with Gasteiger partial charge in [0.25, 0.3) is 15.9 Å². The van der Waals surface area contributed by atoms with Crippen LogP contribution in [0.1, 0.15) is 27.0 Å². The lowest BCUT2D eigenvalue weighted by Crippen LogP contribution is -2.24. The summed E-state index contributed by atoms with van der Waals surface area (Å²) in [4.78, 5) is 12.6. The maximum absolute atomic E-state index is 13.1. The van der Waals surface area contributed by atoms with Crippen molar-refractivity contribution in [2.75, 3.05) is 4.72 Å². The van der Waals surface area contributed by atoms with Crippen LogP contribution in [0, 0.1) is 12.7 Å². The number of nitrogens with two attached hydrogens (primary N) is 1. The Morgan fingerprint density at radius 2 is 1.52 bits per heavy atom. The van der Waals surface area contributed by atoms with Crippen LogP contribution >= 0.6 is 0 Å². The van der Waals surface area contributed by atoms with Gasteiger partial charge in [-0.05, 0) is 60.0 Å². The summed E-state index contributed by atoms with van der Waals surface area (Å²) in [5.41, 5.74) is 2.20. The summed E-state index contributed by atoms with van der Waals surface area (Å²) in [6.07, 6.45) is 0. The molecule has 0 atom stereocenters. The Morgan fingerprint density at radius 1 is 0.909 bits per heavy atom. The van der Waals surface area contributed by atoms with Gasteiger partial charge in [0.2, 0.25) is 10.0 Å². The zero-order chi connectivity index (χ0) is 24.2. The van der Waals surface area contributed by atoms with Gasteiger partial charge in [-0.25, -0.2) is 26.4 Å². The van der Waals surface area contributed by atoms with Crippen molar-refractivity contribution in [1.82, 2.24) is 5.32 Å². The number of rotatable bonds is 8. The molecule has 33 heavy (non-hydrogen) atoms. The van der Waals surface area contributed by atoms with Crippen molar-refractivity contribution in [2.45, 2.75) is 24.1 Å². The van der Waals surface area contributed by atoms with Gasteiger partial charge in [0, 0.05) is 17.8 Å². The minimum Gasteiger partial charge on any atom is -0.348 e. The number of anilines is 1. The van der Waals surface area contributed by atoms with Gasteiger partial charge in [0.05, 0.1) is 10.6 Å². The Kier molecular flexibility index (Phi) is 7.15. The number of hydrogen-bond donors (Lipinski definition) is 3. The van der Waals surface area contributed by atoms with Crippen LogP contribution in [0.25, 0.3) is 0 Å². The Bertz CT molecular complexity index is 1370. The second-order valence-corrected chi connectivity index (χ2v) is 10.7. The van der Waals surface area contributed by atoms with Crippen molar-refractivity contribution in [3.05, 3.63) is 94.8 Å². The highest BCUT2D eigenvalue weighted by molar-refractivity contribution is 7.92. The van der Waals surface area contributed by atoms with Crippen LogP contribution in [0.5, 0.6) is 0 Å². The SMILES string of the molecule is Cc1ccc(S(=O)(=O)Nc2ccc(F)cc2)cc1C(=O)NCc1ccc(CS(N)(=O)=O)cc1. The molecule has 0 aliphatic heterocycles. The number of amides is 1. The molecule has 0 spiro atoms. The highest BCUT2D eigenvalue weighted by Crippen LogP contribution is 2.20.